The number of hydrogen-bond acceptors (Lipinski definition) is 2. The summed E-state index contributed by atoms with van der Waals surface area (Å²) >= 11 is 0. The molecule has 0 atom stereocenters. The molecule has 0 fully saturated rings. The average molecular weight is 687 g/mol. The van der Waals surface area contributed by atoms with Crippen LogP contribution in [0.1, 0.15) is 0 Å². The van der Waals surface area contributed by atoms with Gasteiger partial charge in [-0.2, -0.15) is 0 Å². The summed E-state index contributed by atoms with van der Waals surface area (Å²) in [5.41, 5.74) is 12.2. The van der Waals surface area contributed by atoms with Crippen molar-refractivity contribution in [3.63, 3.8) is 0 Å². The highest BCUT2D eigenvalue weighted by molar-refractivity contribution is 6.28. The van der Waals surface area contributed by atoms with Gasteiger partial charge in [0.15, 0.2) is 5.82 Å². The van der Waals surface area contributed by atoms with Gasteiger partial charge in [-0.05, 0) is 59.3 Å². The minimum absolute atomic E-state index is 0.716. The van der Waals surface area contributed by atoms with E-state index in [4.69, 9.17) is 9.97 Å². The Kier molecular flexibility index (Phi) is 6.02. The van der Waals surface area contributed by atoms with Gasteiger partial charge in [0.05, 0.1) is 39.0 Å². The van der Waals surface area contributed by atoms with E-state index in [0.717, 1.165) is 33.8 Å². The summed E-state index contributed by atoms with van der Waals surface area (Å²) < 4.78 is 4.88. The first-order valence-corrected chi connectivity index (χ1v) is 18.4. The highest BCUT2D eigenvalue weighted by atomic mass is 15.0. The van der Waals surface area contributed by atoms with E-state index in [1.807, 2.05) is 24.3 Å². The fourth-order valence-corrected chi connectivity index (χ4v) is 8.84. The second kappa shape index (κ2) is 11.1. The van der Waals surface area contributed by atoms with Crippen LogP contribution in [0.25, 0.3) is 110 Å². The molecule has 0 saturated heterocycles. The maximum atomic E-state index is 5.08. The molecule has 4 heterocycles. The largest absolute Gasteiger partial charge is 0.309 e. The van der Waals surface area contributed by atoms with E-state index in [9.17, 15) is 0 Å². The maximum absolute atomic E-state index is 5.08. The van der Waals surface area contributed by atoms with Crippen LogP contribution in [-0.4, -0.2) is 18.9 Å². The molecule has 0 radical (unpaired) electrons. The van der Waals surface area contributed by atoms with Crippen LogP contribution in [0.2, 0.25) is 0 Å². The number of rotatable bonds is 4. The van der Waals surface area contributed by atoms with Crippen LogP contribution in [0, 0.1) is 0 Å². The van der Waals surface area contributed by atoms with E-state index in [1.54, 1.807) is 0 Å². The smallest absolute Gasteiger partial charge is 0.160 e. The lowest BCUT2D eigenvalue weighted by Gasteiger charge is -2.11. The topological polar surface area (TPSA) is 35.1 Å². The molecule has 0 spiro atoms. The lowest BCUT2D eigenvalue weighted by molar-refractivity contribution is 1.17. The van der Waals surface area contributed by atoms with E-state index < -0.39 is 0 Å². The molecule has 12 aromatic rings. The molecule has 0 aliphatic heterocycles. The average Bonchev–Trinajstić information content (AvgIpc) is 3.89. The Morgan fingerprint density at radius 3 is 1.72 bits per heavy atom. The van der Waals surface area contributed by atoms with Gasteiger partial charge in [-0.25, -0.2) is 9.97 Å². The Hall–Kier alpha value is -7.30. The molecule has 4 nitrogen and oxygen atoms in total. The SMILES string of the molecule is c1ccc(-c2cc(-c3ccc(-n4c5ccccc5c5c6cc7c(cc6ccc54)c4cccc5c6ccccc6n7c54)cc3)nc(-c3ccccc3)n2)cc1. The Labute approximate surface area is 310 Å². The standard InChI is InChI=1S/C50H30N4/c1-3-12-31(13-4-1)42-30-43(52-50(51-42)33-14-5-2-6-15-33)32-22-25-35(26-23-32)53-45-21-10-8-17-39(45)48-40-29-47-41(28-34(40)24-27-46(48)53)38-19-11-18-37-36-16-7-9-20-44(36)54(47)49(37)38/h1-30H. The van der Waals surface area contributed by atoms with Gasteiger partial charge >= 0.3 is 0 Å². The minimum atomic E-state index is 0.716. The van der Waals surface area contributed by atoms with Crippen LogP contribution in [0.5, 0.6) is 0 Å². The van der Waals surface area contributed by atoms with Crippen molar-refractivity contribution in [2.24, 2.45) is 0 Å². The monoisotopic (exact) mass is 686 g/mol. The number of fused-ring (bicyclic) bond motifs is 11. The molecule has 0 bridgehead atoms. The predicted molar refractivity (Wildman–Crippen MR) is 225 cm³/mol. The first kappa shape index (κ1) is 29.3. The van der Waals surface area contributed by atoms with Gasteiger partial charge in [0.25, 0.3) is 0 Å². The Balaban J connectivity index is 1.06. The second-order valence-electron chi connectivity index (χ2n) is 14.2. The van der Waals surface area contributed by atoms with Crippen LogP contribution in [-0.2, 0) is 0 Å². The molecule has 0 aliphatic rings. The number of hydrogen-bond donors (Lipinski definition) is 0. The fourth-order valence-electron chi connectivity index (χ4n) is 8.84. The summed E-state index contributed by atoms with van der Waals surface area (Å²) in [7, 11) is 0. The van der Waals surface area contributed by atoms with Gasteiger partial charge in [-0.3, -0.25) is 0 Å². The molecule has 4 aromatic heterocycles. The van der Waals surface area contributed by atoms with Crippen molar-refractivity contribution in [2.45, 2.75) is 0 Å². The maximum Gasteiger partial charge on any atom is 0.160 e. The third-order valence-corrected chi connectivity index (χ3v) is 11.2. The summed E-state index contributed by atoms with van der Waals surface area (Å²) in [6, 6.07) is 65.2. The number of para-hydroxylation sites is 3. The summed E-state index contributed by atoms with van der Waals surface area (Å²) in [5, 5.41) is 10.2. The number of benzene rings is 8. The third-order valence-electron chi connectivity index (χ3n) is 11.2. The lowest BCUT2D eigenvalue weighted by atomic mass is 10.0. The molecule has 0 N–H and O–H groups in total. The predicted octanol–water partition coefficient (Wildman–Crippen LogP) is 12.9. The van der Waals surface area contributed by atoms with E-state index in [-0.39, 0.29) is 0 Å². The molecule has 8 aromatic carbocycles. The van der Waals surface area contributed by atoms with Crippen molar-refractivity contribution in [3.8, 4) is 39.6 Å². The first-order chi connectivity index (χ1) is 26.8. The van der Waals surface area contributed by atoms with E-state index in [2.05, 4.69) is 167 Å². The summed E-state index contributed by atoms with van der Waals surface area (Å²) in [6.07, 6.45) is 0. The Bertz CT molecular complexity index is 3350. The van der Waals surface area contributed by atoms with Crippen molar-refractivity contribution in [3.05, 3.63) is 182 Å². The zero-order valence-electron chi connectivity index (χ0n) is 29.1. The first-order valence-electron chi connectivity index (χ1n) is 18.4. The van der Waals surface area contributed by atoms with Gasteiger partial charge in [-0.1, -0.05) is 133 Å². The minimum Gasteiger partial charge on any atom is -0.309 e. The van der Waals surface area contributed by atoms with Crippen molar-refractivity contribution in [1.82, 2.24) is 18.9 Å². The summed E-state index contributed by atoms with van der Waals surface area (Å²) in [6.45, 7) is 0. The van der Waals surface area contributed by atoms with E-state index >= 15 is 0 Å². The Morgan fingerprint density at radius 2 is 0.963 bits per heavy atom. The normalized spacial score (nSPS) is 12.1. The molecule has 12 rings (SSSR count). The molecule has 0 amide bonds. The molecule has 54 heavy (non-hydrogen) atoms. The quantitative estimate of drug-likeness (QED) is 0.185. The molecular weight excluding hydrogens is 657 g/mol. The van der Waals surface area contributed by atoms with E-state index in [0.29, 0.717) is 5.82 Å². The third kappa shape index (κ3) is 4.13. The van der Waals surface area contributed by atoms with Crippen molar-refractivity contribution >= 4 is 70.7 Å². The van der Waals surface area contributed by atoms with Crippen LogP contribution >= 0.6 is 0 Å². The van der Waals surface area contributed by atoms with Crippen LogP contribution < -0.4 is 0 Å². The van der Waals surface area contributed by atoms with Gasteiger partial charge in [0.2, 0.25) is 0 Å². The summed E-state index contributed by atoms with van der Waals surface area (Å²) in [5.74, 6) is 0.716. The molecule has 250 valence electrons. The summed E-state index contributed by atoms with van der Waals surface area (Å²) in [4.78, 5) is 10.1. The highest BCUT2D eigenvalue weighted by Crippen LogP contribution is 2.43. The number of nitrogens with zero attached hydrogens (tertiary/aromatic N) is 4. The van der Waals surface area contributed by atoms with Crippen molar-refractivity contribution < 1.29 is 0 Å². The molecule has 0 aliphatic carbocycles. The van der Waals surface area contributed by atoms with Crippen molar-refractivity contribution in [1.29, 1.82) is 0 Å². The van der Waals surface area contributed by atoms with Gasteiger partial charge < -0.3 is 8.97 Å². The fraction of sp³-hybridized carbons (Fsp3) is 0. The zero-order valence-corrected chi connectivity index (χ0v) is 29.1. The molecular formula is C50H30N4. The van der Waals surface area contributed by atoms with Gasteiger partial charge in [-0.15, -0.1) is 0 Å². The highest BCUT2D eigenvalue weighted by Gasteiger charge is 2.20. The van der Waals surface area contributed by atoms with E-state index in [1.165, 1.54) is 70.7 Å². The lowest BCUT2D eigenvalue weighted by Crippen LogP contribution is -1.97. The van der Waals surface area contributed by atoms with Crippen LogP contribution in [0.15, 0.2) is 182 Å². The molecule has 0 saturated carbocycles. The van der Waals surface area contributed by atoms with Crippen LogP contribution in [0.4, 0.5) is 0 Å². The van der Waals surface area contributed by atoms with Crippen LogP contribution in [0.3, 0.4) is 0 Å². The van der Waals surface area contributed by atoms with Gasteiger partial charge in [0, 0.05) is 54.7 Å². The number of aromatic nitrogens is 4. The Morgan fingerprint density at radius 1 is 0.352 bits per heavy atom. The molecule has 4 heteroatoms. The molecule has 0 unspecified atom stereocenters. The second-order valence-corrected chi connectivity index (χ2v) is 14.2. The van der Waals surface area contributed by atoms with Crippen molar-refractivity contribution in [2.75, 3.05) is 0 Å². The van der Waals surface area contributed by atoms with Gasteiger partial charge in [0.1, 0.15) is 0 Å². The zero-order chi connectivity index (χ0) is 35.3.